The van der Waals surface area contributed by atoms with Crippen LogP contribution in [0.25, 0.3) is 0 Å². The lowest BCUT2D eigenvalue weighted by Crippen LogP contribution is -1.89. The summed E-state index contributed by atoms with van der Waals surface area (Å²) in [5.41, 5.74) is 0. The SMILES string of the molecule is COc1[c]c(F)c(OC)cc1. The van der Waals surface area contributed by atoms with Gasteiger partial charge in [-0.1, -0.05) is 0 Å². The van der Waals surface area contributed by atoms with Crippen LogP contribution in [0.3, 0.4) is 0 Å². The van der Waals surface area contributed by atoms with Crippen LogP contribution in [-0.4, -0.2) is 14.2 Å². The van der Waals surface area contributed by atoms with Crippen molar-refractivity contribution in [3.05, 3.63) is 24.0 Å². The van der Waals surface area contributed by atoms with Gasteiger partial charge in [0, 0.05) is 0 Å². The Kier molecular flexibility index (Phi) is 2.31. The Morgan fingerprint density at radius 2 is 2.00 bits per heavy atom. The highest BCUT2D eigenvalue weighted by molar-refractivity contribution is 5.31. The summed E-state index contributed by atoms with van der Waals surface area (Å²) >= 11 is 0. The molecule has 1 radical (unpaired) electrons. The molecule has 1 aromatic rings. The van der Waals surface area contributed by atoms with Gasteiger partial charge in [-0.15, -0.1) is 0 Å². The van der Waals surface area contributed by atoms with Gasteiger partial charge in [-0.05, 0) is 12.1 Å². The van der Waals surface area contributed by atoms with Gasteiger partial charge in [0.15, 0.2) is 11.6 Å². The molecule has 11 heavy (non-hydrogen) atoms. The van der Waals surface area contributed by atoms with Crippen molar-refractivity contribution in [2.75, 3.05) is 14.2 Å². The quantitative estimate of drug-likeness (QED) is 0.646. The van der Waals surface area contributed by atoms with Crippen molar-refractivity contribution in [2.24, 2.45) is 0 Å². The molecule has 3 heteroatoms. The molecule has 0 atom stereocenters. The number of hydrogen-bond donors (Lipinski definition) is 0. The van der Waals surface area contributed by atoms with Crippen LogP contribution in [0.1, 0.15) is 0 Å². The lowest BCUT2D eigenvalue weighted by molar-refractivity contribution is 0.376. The first-order valence-corrected chi connectivity index (χ1v) is 3.07. The van der Waals surface area contributed by atoms with Crippen molar-refractivity contribution in [3.8, 4) is 11.5 Å². The summed E-state index contributed by atoms with van der Waals surface area (Å²) in [6.45, 7) is 0. The fourth-order valence-corrected chi connectivity index (χ4v) is 0.713. The van der Waals surface area contributed by atoms with Crippen LogP contribution >= 0.6 is 0 Å². The minimum Gasteiger partial charge on any atom is -0.496 e. The van der Waals surface area contributed by atoms with Gasteiger partial charge in [0.25, 0.3) is 0 Å². The lowest BCUT2D eigenvalue weighted by Gasteiger charge is -2.02. The topological polar surface area (TPSA) is 18.5 Å². The largest absolute Gasteiger partial charge is 0.496 e. The van der Waals surface area contributed by atoms with Crippen LogP contribution in [0.4, 0.5) is 4.39 Å². The van der Waals surface area contributed by atoms with Crippen molar-refractivity contribution in [1.29, 1.82) is 0 Å². The van der Waals surface area contributed by atoms with E-state index in [0.717, 1.165) is 0 Å². The number of ether oxygens (including phenoxy) is 2. The smallest absolute Gasteiger partial charge is 0.176 e. The van der Waals surface area contributed by atoms with Crippen molar-refractivity contribution in [3.63, 3.8) is 0 Å². The highest BCUT2D eigenvalue weighted by atomic mass is 19.1. The van der Waals surface area contributed by atoms with E-state index in [0.29, 0.717) is 5.75 Å². The normalized spacial score (nSPS) is 9.36. The molecular formula is C8H8FO2. The van der Waals surface area contributed by atoms with Gasteiger partial charge in [0.1, 0.15) is 5.75 Å². The molecule has 0 unspecified atom stereocenters. The predicted molar refractivity (Wildman–Crippen MR) is 38.3 cm³/mol. The van der Waals surface area contributed by atoms with E-state index in [-0.39, 0.29) is 5.75 Å². The van der Waals surface area contributed by atoms with Crippen LogP contribution in [0.2, 0.25) is 0 Å². The minimum atomic E-state index is -0.535. The summed E-state index contributed by atoms with van der Waals surface area (Å²) in [4.78, 5) is 0. The zero-order valence-electron chi connectivity index (χ0n) is 6.35. The Labute approximate surface area is 64.6 Å². The first-order valence-electron chi connectivity index (χ1n) is 3.07. The van der Waals surface area contributed by atoms with Crippen LogP contribution < -0.4 is 9.47 Å². The summed E-state index contributed by atoms with van der Waals surface area (Å²) in [5, 5.41) is 0. The van der Waals surface area contributed by atoms with E-state index in [1.54, 1.807) is 6.07 Å². The Balaban J connectivity index is 2.99. The Morgan fingerprint density at radius 3 is 2.45 bits per heavy atom. The second-order valence-electron chi connectivity index (χ2n) is 1.91. The van der Waals surface area contributed by atoms with Crippen molar-refractivity contribution in [2.45, 2.75) is 0 Å². The third kappa shape index (κ3) is 1.61. The molecule has 0 aliphatic carbocycles. The molecule has 0 amide bonds. The van der Waals surface area contributed by atoms with E-state index < -0.39 is 5.82 Å². The molecule has 0 saturated heterocycles. The van der Waals surface area contributed by atoms with E-state index in [4.69, 9.17) is 4.74 Å². The zero-order valence-corrected chi connectivity index (χ0v) is 6.35. The van der Waals surface area contributed by atoms with Crippen LogP contribution in [0.15, 0.2) is 12.1 Å². The fourth-order valence-electron chi connectivity index (χ4n) is 0.713. The van der Waals surface area contributed by atoms with Gasteiger partial charge in [0.2, 0.25) is 0 Å². The molecule has 0 aliphatic heterocycles. The van der Waals surface area contributed by atoms with E-state index in [2.05, 4.69) is 10.8 Å². The van der Waals surface area contributed by atoms with Gasteiger partial charge < -0.3 is 9.47 Å². The molecule has 2 nitrogen and oxygen atoms in total. The highest BCUT2D eigenvalue weighted by Gasteiger charge is 2.02. The number of benzene rings is 1. The standard InChI is InChI=1S/C8H8FO2/c1-10-6-3-4-8(11-2)7(9)5-6/h3-4H,1-2H3. The first-order chi connectivity index (χ1) is 5.27. The minimum absolute atomic E-state index is 0.172. The maximum atomic E-state index is 12.8. The van der Waals surface area contributed by atoms with Gasteiger partial charge in [0.05, 0.1) is 20.3 Å². The highest BCUT2D eigenvalue weighted by Crippen LogP contribution is 2.20. The van der Waals surface area contributed by atoms with E-state index in [1.807, 2.05) is 0 Å². The summed E-state index contributed by atoms with van der Waals surface area (Å²) in [6, 6.07) is 5.44. The van der Waals surface area contributed by atoms with Crippen LogP contribution in [0.5, 0.6) is 11.5 Å². The summed E-state index contributed by atoms with van der Waals surface area (Å²) in [7, 11) is 2.86. The molecule has 59 valence electrons. The molecule has 1 aromatic carbocycles. The molecule has 0 aromatic heterocycles. The average Bonchev–Trinajstić information content (AvgIpc) is 2.04. The average molecular weight is 155 g/mol. The summed E-state index contributed by atoms with van der Waals surface area (Å²) in [5.74, 6) is 0.000880. The van der Waals surface area contributed by atoms with Crippen molar-refractivity contribution >= 4 is 0 Å². The molecule has 0 aliphatic rings. The van der Waals surface area contributed by atoms with Crippen molar-refractivity contribution < 1.29 is 13.9 Å². The molecule has 0 spiro atoms. The second kappa shape index (κ2) is 3.23. The second-order valence-corrected chi connectivity index (χ2v) is 1.91. The molecular weight excluding hydrogens is 147 g/mol. The van der Waals surface area contributed by atoms with Crippen LogP contribution in [0, 0.1) is 11.9 Å². The Hall–Kier alpha value is -1.25. The maximum Gasteiger partial charge on any atom is 0.176 e. The molecule has 1 rings (SSSR count). The third-order valence-electron chi connectivity index (χ3n) is 1.28. The Morgan fingerprint density at radius 1 is 1.27 bits per heavy atom. The molecule has 0 saturated carbocycles. The van der Waals surface area contributed by atoms with Gasteiger partial charge >= 0.3 is 0 Å². The van der Waals surface area contributed by atoms with Gasteiger partial charge in [-0.2, -0.15) is 0 Å². The number of halogens is 1. The Bertz CT molecular complexity index is 248. The third-order valence-corrected chi connectivity index (χ3v) is 1.28. The molecule has 0 fully saturated rings. The van der Waals surface area contributed by atoms with E-state index in [9.17, 15) is 4.39 Å². The molecule has 0 heterocycles. The fraction of sp³-hybridized carbons (Fsp3) is 0.250. The van der Waals surface area contributed by atoms with E-state index >= 15 is 0 Å². The summed E-state index contributed by atoms with van der Waals surface area (Å²) in [6.07, 6.45) is 0. The van der Waals surface area contributed by atoms with Crippen molar-refractivity contribution in [1.82, 2.24) is 0 Å². The maximum absolute atomic E-state index is 12.8. The number of methoxy groups -OCH3 is 2. The molecule has 0 N–H and O–H groups in total. The first kappa shape index (κ1) is 7.85. The van der Waals surface area contributed by atoms with E-state index in [1.165, 1.54) is 20.3 Å². The number of hydrogen-bond acceptors (Lipinski definition) is 2. The lowest BCUT2D eigenvalue weighted by atomic mass is 10.3. The van der Waals surface area contributed by atoms with Gasteiger partial charge in [-0.3, -0.25) is 0 Å². The molecule has 0 bridgehead atoms. The number of rotatable bonds is 2. The van der Waals surface area contributed by atoms with Crippen LogP contribution in [-0.2, 0) is 0 Å². The zero-order chi connectivity index (χ0) is 8.27. The predicted octanol–water partition coefficient (Wildman–Crippen LogP) is 1.64. The van der Waals surface area contributed by atoms with Gasteiger partial charge in [-0.25, -0.2) is 4.39 Å². The monoisotopic (exact) mass is 155 g/mol. The summed E-state index contributed by atoms with van der Waals surface area (Å²) < 4.78 is 22.2.